The van der Waals surface area contributed by atoms with E-state index in [1.165, 1.54) is 35.6 Å². The van der Waals surface area contributed by atoms with Crippen molar-refractivity contribution in [2.45, 2.75) is 58.4 Å². The maximum absolute atomic E-state index is 4.94. The minimum Gasteiger partial charge on any atom is -0.357 e. The van der Waals surface area contributed by atoms with Crippen molar-refractivity contribution in [3.8, 4) is 0 Å². The van der Waals surface area contributed by atoms with E-state index in [1.54, 1.807) is 11.3 Å². The van der Waals surface area contributed by atoms with Gasteiger partial charge in [-0.1, -0.05) is 19.8 Å². The van der Waals surface area contributed by atoms with Crippen LogP contribution < -0.4 is 10.6 Å². The quantitative estimate of drug-likeness (QED) is 0.346. The normalized spacial score (nSPS) is 23.6. The van der Waals surface area contributed by atoms with Crippen molar-refractivity contribution < 1.29 is 0 Å². The second kappa shape index (κ2) is 11.4. The molecular weight excluding hydrogens is 457 g/mol. The molecule has 0 amide bonds. The molecule has 150 valence electrons. The Bertz CT molecular complexity index is 560. The van der Waals surface area contributed by atoms with E-state index in [2.05, 4.69) is 55.4 Å². The summed E-state index contributed by atoms with van der Waals surface area (Å²) in [6.07, 6.45) is 8.03. The first-order valence-electron chi connectivity index (χ1n) is 9.56. The van der Waals surface area contributed by atoms with E-state index in [9.17, 15) is 0 Å². The monoisotopic (exact) mass is 493 g/mol. The number of aliphatic imine (C=N–C) groups is 1. The summed E-state index contributed by atoms with van der Waals surface area (Å²) in [7, 11) is 4.41. The van der Waals surface area contributed by atoms with Crippen LogP contribution in [-0.2, 0) is 6.42 Å². The summed E-state index contributed by atoms with van der Waals surface area (Å²) < 4.78 is 0. The van der Waals surface area contributed by atoms with E-state index in [4.69, 9.17) is 4.99 Å². The predicted octanol–water partition coefficient (Wildman–Crippen LogP) is 3.68. The van der Waals surface area contributed by atoms with Crippen LogP contribution >= 0.6 is 35.3 Å². The molecule has 1 saturated carbocycles. The molecule has 1 aliphatic rings. The zero-order chi connectivity index (χ0) is 18.3. The summed E-state index contributed by atoms with van der Waals surface area (Å²) in [6, 6.07) is 0. The van der Waals surface area contributed by atoms with Gasteiger partial charge in [-0.3, -0.25) is 4.99 Å². The second-order valence-corrected chi connectivity index (χ2v) is 8.88. The number of guanidine groups is 1. The summed E-state index contributed by atoms with van der Waals surface area (Å²) >= 11 is 1.77. The first-order chi connectivity index (χ1) is 11.9. The van der Waals surface area contributed by atoms with Crippen molar-refractivity contribution in [3.05, 3.63) is 16.1 Å². The lowest BCUT2D eigenvalue weighted by Gasteiger charge is -2.44. The molecule has 2 atom stereocenters. The Kier molecular flexibility index (Phi) is 10.4. The van der Waals surface area contributed by atoms with E-state index in [0.717, 1.165) is 37.9 Å². The zero-order valence-corrected chi connectivity index (χ0v) is 20.1. The zero-order valence-electron chi connectivity index (χ0n) is 17.0. The molecule has 2 N–H and O–H groups in total. The van der Waals surface area contributed by atoms with Gasteiger partial charge in [0.2, 0.25) is 0 Å². The van der Waals surface area contributed by atoms with Gasteiger partial charge in [0.05, 0.1) is 11.6 Å². The Labute approximate surface area is 180 Å². The highest BCUT2D eigenvalue weighted by atomic mass is 127. The molecule has 0 spiro atoms. The molecule has 5 nitrogen and oxygen atoms in total. The number of hydrogen-bond acceptors (Lipinski definition) is 4. The molecule has 1 aromatic heterocycles. The van der Waals surface area contributed by atoms with Gasteiger partial charge < -0.3 is 15.5 Å². The molecule has 7 heteroatoms. The third-order valence-corrected chi connectivity index (χ3v) is 6.16. The maximum atomic E-state index is 4.94. The summed E-state index contributed by atoms with van der Waals surface area (Å²) in [5.74, 6) is 1.71. The van der Waals surface area contributed by atoms with Crippen LogP contribution in [-0.4, -0.2) is 55.1 Å². The SMILES string of the molecule is CCNC(=NCC1(N(C)C)CCCC(C)C1)NCCc1ncc(C)s1.I. The van der Waals surface area contributed by atoms with Gasteiger partial charge in [0.25, 0.3) is 0 Å². The molecule has 2 rings (SSSR count). The van der Waals surface area contributed by atoms with Crippen LogP contribution in [0.2, 0.25) is 0 Å². The van der Waals surface area contributed by atoms with E-state index >= 15 is 0 Å². The molecule has 1 aliphatic carbocycles. The summed E-state index contributed by atoms with van der Waals surface area (Å²) in [5, 5.41) is 8.04. The van der Waals surface area contributed by atoms with E-state index in [1.807, 2.05) is 6.20 Å². The van der Waals surface area contributed by atoms with E-state index < -0.39 is 0 Å². The summed E-state index contributed by atoms with van der Waals surface area (Å²) in [4.78, 5) is 13.0. The lowest BCUT2D eigenvalue weighted by molar-refractivity contribution is 0.0845. The number of aryl methyl sites for hydroxylation is 1. The Hall–Kier alpha value is -0.410. The van der Waals surface area contributed by atoms with Crippen LogP contribution in [0.4, 0.5) is 0 Å². The van der Waals surface area contributed by atoms with Gasteiger partial charge in [-0.2, -0.15) is 0 Å². The molecule has 0 aliphatic heterocycles. The molecular formula is C19H36IN5S. The van der Waals surface area contributed by atoms with Crippen molar-refractivity contribution in [2.75, 3.05) is 33.7 Å². The van der Waals surface area contributed by atoms with Crippen LogP contribution in [0.5, 0.6) is 0 Å². The number of halogens is 1. The van der Waals surface area contributed by atoms with Gasteiger partial charge in [-0.25, -0.2) is 4.98 Å². The van der Waals surface area contributed by atoms with Gasteiger partial charge in [-0.05, 0) is 46.7 Å². The van der Waals surface area contributed by atoms with Crippen LogP contribution in [0.1, 0.15) is 49.4 Å². The predicted molar refractivity (Wildman–Crippen MR) is 124 cm³/mol. The Balaban J connectivity index is 0.00000338. The van der Waals surface area contributed by atoms with Gasteiger partial charge in [0.1, 0.15) is 0 Å². The largest absolute Gasteiger partial charge is 0.357 e. The maximum Gasteiger partial charge on any atom is 0.191 e. The molecule has 1 aromatic rings. The molecule has 0 bridgehead atoms. The fourth-order valence-electron chi connectivity index (χ4n) is 3.70. The Morgan fingerprint density at radius 1 is 1.42 bits per heavy atom. The highest BCUT2D eigenvalue weighted by Crippen LogP contribution is 2.35. The van der Waals surface area contributed by atoms with E-state index in [-0.39, 0.29) is 29.5 Å². The first kappa shape index (κ1) is 23.6. The molecule has 0 aromatic carbocycles. The smallest absolute Gasteiger partial charge is 0.191 e. The third-order valence-electron chi connectivity index (χ3n) is 5.19. The Morgan fingerprint density at radius 3 is 2.77 bits per heavy atom. The van der Waals surface area contributed by atoms with Crippen molar-refractivity contribution in [1.29, 1.82) is 0 Å². The van der Waals surface area contributed by atoms with Crippen LogP contribution in [0.15, 0.2) is 11.2 Å². The number of likely N-dealkylation sites (N-methyl/N-ethyl adjacent to an activating group) is 1. The van der Waals surface area contributed by atoms with Crippen molar-refractivity contribution in [3.63, 3.8) is 0 Å². The number of thiazole rings is 1. The molecule has 26 heavy (non-hydrogen) atoms. The summed E-state index contributed by atoms with van der Waals surface area (Å²) in [5.41, 5.74) is 0.201. The minimum atomic E-state index is 0. The fourth-order valence-corrected chi connectivity index (χ4v) is 4.48. The van der Waals surface area contributed by atoms with Crippen molar-refractivity contribution in [1.82, 2.24) is 20.5 Å². The lowest BCUT2D eigenvalue weighted by atomic mass is 9.75. The van der Waals surface area contributed by atoms with Crippen LogP contribution in [0, 0.1) is 12.8 Å². The Morgan fingerprint density at radius 2 is 2.19 bits per heavy atom. The lowest BCUT2D eigenvalue weighted by Crippen LogP contribution is -2.51. The van der Waals surface area contributed by atoms with Gasteiger partial charge in [0.15, 0.2) is 5.96 Å². The number of aromatic nitrogens is 1. The average molecular weight is 494 g/mol. The first-order valence-corrected chi connectivity index (χ1v) is 10.4. The van der Waals surface area contributed by atoms with Crippen molar-refractivity contribution in [2.24, 2.45) is 10.9 Å². The number of rotatable bonds is 7. The molecule has 1 fully saturated rings. The van der Waals surface area contributed by atoms with Crippen LogP contribution in [0.25, 0.3) is 0 Å². The van der Waals surface area contributed by atoms with Gasteiger partial charge >= 0.3 is 0 Å². The third kappa shape index (κ3) is 6.96. The number of hydrogen-bond donors (Lipinski definition) is 2. The highest BCUT2D eigenvalue weighted by molar-refractivity contribution is 14.0. The summed E-state index contributed by atoms with van der Waals surface area (Å²) in [6.45, 7) is 9.20. The molecule has 0 saturated heterocycles. The molecule has 0 radical (unpaired) electrons. The average Bonchev–Trinajstić information content (AvgIpc) is 2.98. The van der Waals surface area contributed by atoms with Crippen LogP contribution in [0.3, 0.4) is 0 Å². The van der Waals surface area contributed by atoms with Gasteiger partial charge in [-0.15, -0.1) is 35.3 Å². The van der Waals surface area contributed by atoms with E-state index in [0.29, 0.717) is 0 Å². The highest BCUT2D eigenvalue weighted by Gasteiger charge is 2.36. The standard InChI is InChI=1S/C19H35N5S.HI/c1-6-20-18(21-11-9-17-22-13-16(3)25-17)23-14-19(24(4)5)10-7-8-15(2)12-19;/h13,15H,6-12,14H2,1-5H3,(H2,20,21,23);1H. The topological polar surface area (TPSA) is 52.6 Å². The minimum absolute atomic E-state index is 0. The second-order valence-electron chi connectivity index (χ2n) is 7.56. The number of nitrogens with zero attached hydrogens (tertiary/aromatic N) is 3. The molecule has 2 unspecified atom stereocenters. The fraction of sp³-hybridized carbons (Fsp3) is 0.789. The number of nitrogens with one attached hydrogen (secondary N) is 2. The van der Waals surface area contributed by atoms with Gasteiger partial charge in [0, 0.05) is 36.1 Å². The van der Waals surface area contributed by atoms with Crippen molar-refractivity contribution >= 4 is 41.3 Å². The molecule has 1 heterocycles.